The Balaban J connectivity index is 0.000000507. The van der Waals surface area contributed by atoms with Crippen LogP contribution in [0.3, 0.4) is 0 Å². The highest BCUT2D eigenvalue weighted by molar-refractivity contribution is 8.22. The van der Waals surface area contributed by atoms with E-state index in [-0.39, 0.29) is 25.2 Å². The van der Waals surface area contributed by atoms with Gasteiger partial charge >= 0.3 is 5.97 Å². The van der Waals surface area contributed by atoms with Crippen molar-refractivity contribution in [1.82, 2.24) is 4.31 Å². The average Bonchev–Trinajstić information content (AvgIpc) is 3.42. The Kier molecular flexibility index (Phi) is 17.9. The van der Waals surface area contributed by atoms with Gasteiger partial charge in [0.15, 0.2) is 0 Å². The molecule has 2 aromatic rings. The topological polar surface area (TPSA) is 167 Å². The van der Waals surface area contributed by atoms with Crippen LogP contribution in [-0.4, -0.2) is 56.3 Å². The van der Waals surface area contributed by atoms with Crippen LogP contribution in [0.2, 0.25) is 0 Å². The third-order valence-corrected chi connectivity index (χ3v) is 6.98. The first-order valence-electron chi connectivity index (χ1n) is 11.8. The third-order valence-electron chi connectivity index (χ3n) is 4.99. The van der Waals surface area contributed by atoms with Crippen molar-refractivity contribution in [1.29, 1.82) is 0 Å². The zero-order valence-electron chi connectivity index (χ0n) is 21.2. The molecule has 7 N–H and O–H groups in total. The maximum absolute atomic E-state index is 10.3. The molecule has 0 aromatic heterocycles. The zero-order valence-corrected chi connectivity index (χ0v) is 22.0. The number of ketones is 1. The van der Waals surface area contributed by atoms with Gasteiger partial charge in [-0.25, -0.2) is 4.31 Å². The van der Waals surface area contributed by atoms with E-state index in [1.165, 1.54) is 5.56 Å². The summed E-state index contributed by atoms with van der Waals surface area (Å²) in [7, 11) is -2.71. The average molecular weight is 524 g/mol. The van der Waals surface area contributed by atoms with Crippen molar-refractivity contribution in [2.45, 2.75) is 57.3 Å². The summed E-state index contributed by atoms with van der Waals surface area (Å²) >= 11 is 0. The van der Waals surface area contributed by atoms with Gasteiger partial charge in [0.05, 0.1) is 11.4 Å². The van der Waals surface area contributed by atoms with Gasteiger partial charge in [-0.1, -0.05) is 55.0 Å². The zero-order chi connectivity index (χ0) is 27.4. The molecule has 0 saturated carbocycles. The number of Topliss-reactive ketones (excluding diaryl/α,β-unsaturated/α-hetero) is 1. The van der Waals surface area contributed by atoms with Crippen molar-refractivity contribution >= 4 is 28.9 Å². The monoisotopic (exact) mass is 523 g/mol. The predicted molar refractivity (Wildman–Crippen MR) is 145 cm³/mol. The van der Waals surface area contributed by atoms with Gasteiger partial charge < -0.3 is 16.6 Å². The van der Waals surface area contributed by atoms with E-state index < -0.39 is 16.7 Å². The van der Waals surface area contributed by atoms with Gasteiger partial charge in [0.1, 0.15) is 5.78 Å². The highest BCUT2D eigenvalue weighted by Gasteiger charge is 2.27. The summed E-state index contributed by atoms with van der Waals surface area (Å²) in [5.41, 5.74) is 11.5. The van der Waals surface area contributed by atoms with E-state index in [1.54, 1.807) is 16.4 Å². The Bertz CT molecular complexity index is 873. The van der Waals surface area contributed by atoms with Crippen molar-refractivity contribution in [3.05, 3.63) is 65.7 Å². The number of amides is 1. The lowest BCUT2D eigenvalue weighted by Gasteiger charge is -2.40. The summed E-state index contributed by atoms with van der Waals surface area (Å²) in [5, 5.41) is 8.43. The molecule has 1 heterocycles. The first kappa shape index (κ1) is 33.2. The molecule has 1 aliphatic rings. The first-order valence-corrected chi connectivity index (χ1v) is 13.4. The Morgan fingerprint density at radius 3 is 1.94 bits per heavy atom. The van der Waals surface area contributed by atoms with Crippen LogP contribution < -0.4 is 11.5 Å². The third kappa shape index (κ3) is 14.6. The molecule has 0 bridgehead atoms. The number of primary amides is 1. The molecule has 0 radical (unpaired) electrons. The fraction of sp³-hybridized carbons (Fsp3) is 0.423. The second kappa shape index (κ2) is 19.4. The quantitative estimate of drug-likeness (QED) is 0.320. The number of carbonyl (C=O) groups is 3. The Morgan fingerprint density at radius 1 is 1.00 bits per heavy atom. The van der Waals surface area contributed by atoms with E-state index in [4.69, 9.17) is 15.6 Å². The van der Waals surface area contributed by atoms with Gasteiger partial charge in [0.25, 0.3) is 0 Å². The Morgan fingerprint density at radius 2 is 1.53 bits per heavy atom. The van der Waals surface area contributed by atoms with E-state index in [0.29, 0.717) is 17.7 Å². The van der Waals surface area contributed by atoms with Gasteiger partial charge in [0, 0.05) is 25.9 Å². The van der Waals surface area contributed by atoms with Crippen LogP contribution in [0.15, 0.2) is 59.5 Å². The molecule has 1 aliphatic heterocycles. The summed E-state index contributed by atoms with van der Waals surface area (Å²) in [4.78, 5) is 29.7. The molecule has 0 unspecified atom stereocenters. The molecular weight excluding hydrogens is 482 g/mol. The van der Waals surface area contributed by atoms with Crippen molar-refractivity contribution in [3.63, 3.8) is 0 Å². The summed E-state index contributed by atoms with van der Waals surface area (Å²) in [6, 6.07) is 17.0. The number of nitrogens with zero attached hydrogens (tertiary/aromatic N) is 1. The summed E-state index contributed by atoms with van der Waals surface area (Å²) in [5.74, 6) is -0.585. The highest BCUT2D eigenvalue weighted by atomic mass is 32.3. The maximum Gasteiger partial charge on any atom is 0.303 e. The molecule has 0 spiro atoms. The van der Waals surface area contributed by atoms with E-state index in [2.05, 4.69) is 5.73 Å². The van der Waals surface area contributed by atoms with Crippen molar-refractivity contribution in [2.75, 3.05) is 19.6 Å². The van der Waals surface area contributed by atoms with Crippen LogP contribution in [0.25, 0.3) is 0 Å². The number of aliphatic carboxylic acids is 1. The minimum atomic E-state index is -2.71. The summed E-state index contributed by atoms with van der Waals surface area (Å²) in [6.07, 6.45) is 4.75. The first-order chi connectivity index (χ1) is 17.1. The number of nitrogens with two attached hydrogens (primary N) is 2. The number of rotatable bonds is 8. The van der Waals surface area contributed by atoms with Gasteiger partial charge in [0.2, 0.25) is 6.41 Å². The predicted octanol–water partition coefficient (Wildman–Crippen LogP) is 4.23. The van der Waals surface area contributed by atoms with Crippen molar-refractivity contribution < 1.29 is 28.6 Å². The molecule has 9 nitrogen and oxygen atoms in total. The number of aryl methyl sites for hydroxylation is 2. The molecule has 1 amide bonds. The fourth-order valence-corrected chi connectivity index (χ4v) is 4.67. The SMILES string of the molecule is CCCC(=O)CN.Cc1ccc(CCC(=O)O)cc1.NC=O.OS(O)(c1ccccc1)N1CCCC1. The van der Waals surface area contributed by atoms with E-state index in [0.717, 1.165) is 37.9 Å². The molecule has 10 heteroatoms. The lowest BCUT2D eigenvalue weighted by molar-refractivity contribution is -0.137. The van der Waals surface area contributed by atoms with Crippen LogP contribution in [-0.2, 0) is 20.8 Å². The lowest BCUT2D eigenvalue weighted by Crippen LogP contribution is -2.24. The minimum Gasteiger partial charge on any atom is -0.481 e. The number of carboxylic acids is 1. The molecule has 202 valence electrons. The minimum absolute atomic E-state index is 0.155. The smallest absolute Gasteiger partial charge is 0.303 e. The van der Waals surface area contributed by atoms with Crippen LogP contribution in [0.1, 0.15) is 50.2 Å². The molecular formula is C26H41N3O6S. The van der Waals surface area contributed by atoms with Crippen LogP contribution in [0.4, 0.5) is 0 Å². The van der Waals surface area contributed by atoms with Gasteiger partial charge in [-0.15, -0.1) is 10.8 Å². The molecule has 36 heavy (non-hydrogen) atoms. The molecule has 3 rings (SSSR count). The molecule has 0 atom stereocenters. The summed E-state index contributed by atoms with van der Waals surface area (Å²) in [6.45, 7) is 5.76. The number of hydrogen-bond donors (Lipinski definition) is 5. The number of hydrogen-bond acceptors (Lipinski definition) is 7. The van der Waals surface area contributed by atoms with Crippen LogP contribution in [0.5, 0.6) is 0 Å². The molecule has 1 saturated heterocycles. The normalized spacial score (nSPS) is 13.0. The van der Waals surface area contributed by atoms with Gasteiger partial charge in [-0.05, 0) is 50.3 Å². The van der Waals surface area contributed by atoms with E-state index >= 15 is 0 Å². The number of benzene rings is 2. The van der Waals surface area contributed by atoms with E-state index in [1.807, 2.05) is 56.3 Å². The fourth-order valence-electron chi connectivity index (χ4n) is 3.08. The number of carboxylic acid groups (broad SMARTS) is 1. The second-order valence-electron chi connectivity index (χ2n) is 7.98. The highest BCUT2D eigenvalue weighted by Crippen LogP contribution is 2.52. The maximum atomic E-state index is 10.3. The van der Waals surface area contributed by atoms with Crippen LogP contribution in [0, 0.1) is 6.92 Å². The van der Waals surface area contributed by atoms with Gasteiger partial charge in [-0.3, -0.25) is 23.5 Å². The summed E-state index contributed by atoms with van der Waals surface area (Å²) < 4.78 is 21.9. The standard InChI is InChI=1S/C10H15NO2S.C10H12O2.C5H11NO.CH3NO/c12-14(13,11-8-4-5-9-11)10-6-2-1-3-7-10;1-8-2-4-9(5-3-8)6-7-10(11)12;1-2-3-5(7)4-6;2-1-3/h1-3,6-7,12-13H,4-5,8-9H2;2-5H,6-7H2,1H3,(H,11,12);2-4,6H2,1H3;1H,(H2,2,3). The van der Waals surface area contributed by atoms with Crippen LogP contribution >= 0.6 is 10.8 Å². The molecule has 2 aromatic carbocycles. The Hall–Kier alpha value is -2.76. The largest absolute Gasteiger partial charge is 0.481 e. The second-order valence-corrected chi connectivity index (χ2v) is 10.0. The van der Waals surface area contributed by atoms with E-state index in [9.17, 15) is 18.7 Å². The molecule has 0 aliphatic carbocycles. The lowest BCUT2D eigenvalue weighted by atomic mass is 10.1. The van der Waals surface area contributed by atoms with Crippen molar-refractivity contribution in [3.8, 4) is 0 Å². The van der Waals surface area contributed by atoms with Gasteiger partial charge in [-0.2, -0.15) is 0 Å². The molecule has 1 fully saturated rings. The Labute approximate surface area is 216 Å². The number of carbonyl (C=O) groups excluding carboxylic acids is 2. The van der Waals surface area contributed by atoms with Crippen molar-refractivity contribution in [2.24, 2.45) is 11.5 Å².